The molecule has 0 bridgehead atoms. The third-order valence-corrected chi connectivity index (χ3v) is 2.74. The van der Waals surface area contributed by atoms with E-state index in [-0.39, 0.29) is 5.78 Å². The highest BCUT2D eigenvalue weighted by Gasteiger charge is 2.19. The number of benzene rings is 1. The smallest absolute Gasteiger partial charge is 0.159 e. The second-order valence-electron chi connectivity index (χ2n) is 3.73. The molecule has 0 saturated carbocycles. The minimum Gasteiger partial charge on any atom is -0.358 e. The van der Waals surface area contributed by atoms with Crippen molar-refractivity contribution in [3.8, 4) is 6.07 Å². The van der Waals surface area contributed by atoms with Crippen LogP contribution in [0, 0.1) is 11.3 Å². The molecule has 0 aromatic heterocycles. The van der Waals surface area contributed by atoms with E-state index in [2.05, 4.69) is 6.07 Å². The molecule has 3 heteroatoms. The van der Waals surface area contributed by atoms with E-state index in [4.69, 9.17) is 5.26 Å². The fourth-order valence-corrected chi connectivity index (χ4v) is 1.94. The van der Waals surface area contributed by atoms with E-state index in [9.17, 15) is 4.79 Å². The van der Waals surface area contributed by atoms with E-state index in [0.717, 1.165) is 24.2 Å². The predicted octanol–water partition coefficient (Wildman–Crippen LogP) is 1.78. The summed E-state index contributed by atoms with van der Waals surface area (Å²) in [6, 6.07) is 7.86. The number of anilines is 1. The van der Waals surface area contributed by atoms with E-state index in [1.807, 2.05) is 23.1 Å². The summed E-state index contributed by atoms with van der Waals surface area (Å²) in [6.45, 7) is 2.88. The lowest BCUT2D eigenvalue weighted by Gasteiger charge is -2.14. The van der Waals surface area contributed by atoms with Gasteiger partial charge < -0.3 is 4.90 Å². The number of nitrogens with zero attached hydrogens (tertiary/aromatic N) is 2. The zero-order valence-electron chi connectivity index (χ0n) is 8.66. The topological polar surface area (TPSA) is 44.1 Å². The van der Waals surface area contributed by atoms with Crippen LogP contribution in [0.1, 0.15) is 22.8 Å². The summed E-state index contributed by atoms with van der Waals surface area (Å²) in [5.74, 6) is 0.0940. The van der Waals surface area contributed by atoms with Crippen LogP contribution in [-0.4, -0.2) is 18.9 Å². The van der Waals surface area contributed by atoms with Crippen molar-refractivity contribution in [1.29, 1.82) is 5.26 Å². The molecular weight excluding hydrogens is 188 g/mol. The molecule has 1 aromatic rings. The molecule has 1 aromatic carbocycles. The Bertz CT molecular complexity index is 445. The molecule has 0 spiro atoms. The third kappa shape index (κ3) is 1.71. The number of carbonyl (C=O) groups is 1. The van der Waals surface area contributed by atoms with Crippen molar-refractivity contribution in [3.05, 3.63) is 29.3 Å². The van der Waals surface area contributed by atoms with Gasteiger partial charge in [-0.05, 0) is 37.1 Å². The summed E-state index contributed by atoms with van der Waals surface area (Å²) in [5, 5.41) is 8.65. The van der Waals surface area contributed by atoms with E-state index < -0.39 is 0 Å². The first-order chi connectivity index (χ1) is 7.22. The van der Waals surface area contributed by atoms with Crippen molar-refractivity contribution in [2.24, 2.45) is 0 Å². The molecule has 1 aliphatic heterocycles. The van der Waals surface area contributed by atoms with Crippen molar-refractivity contribution in [2.45, 2.75) is 13.3 Å². The van der Waals surface area contributed by atoms with Gasteiger partial charge in [0.1, 0.15) is 6.54 Å². The van der Waals surface area contributed by atoms with Gasteiger partial charge in [-0.3, -0.25) is 4.79 Å². The Morgan fingerprint density at radius 2 is 2.40 bits per heavy atom. The van der Waals surface area contributed by atoms with Crippen LogP contribution in [0.3, 0.4) is 0 Å². The summed E-state index contributed by atoms with van der Waals surface area (Å²) in [4.78, 5) is 13.2. The third-order valence-electron chi connectivity index (χ3n) is 2.74. The van der Waals surface area contributed by atoms with Crippen LogP contribution in [0.4, 0.5) is 5.69 Å². The van der Waals surface area contributed by atoms with Gasteiger partial charge in [0.15, 0.2) is 5.78 Å². The fourth-order valence-electron chi connectivity index (χ4n) is 1.94. The molecule has 1 aliphatic rings. The Labute approximate surface area is 88.9 Å². The second-order valence-corrected chi connectivity index (χ2v) is 3.73. The van der Waals surface area contributed by atoms with E-state index in [1.54, 1.807) is 6.92 Å². The van der Waals surface area contributed by atoms with Gasteiger partial charge in [0.05, 0.1) is 6.07 Å². The Morgan fingerprint density at radius 3 is 3.07 bits per heavy atom. The average molecular weight is 200 g/mol. The molecule has 15 heavy (non-hydrogen) atoms. The lowest BCUT2D eigenvalue weighted by Crippen LogP contribution is -2.20. The van der Waals surface area contributed by atoms with Gasteiger partial charge in [0.25, 0.3) is 0 Å². The number of fused-ring (bicyclic) bond motifs is 1. The first kappa shape index (κ1) is 9.72. The van der Waals surface area contributed by atoms with Crippen LogP contribution in [0.2, 0.25) is 0 Å². The second kappa shape index (κ2) is 3.74. The summed E-state index contributed by atoms with van der Waals surface area (Å²) in [6.07, 6.45) is 0.929. The number of rotatable bonds is 2. The minimum atomic E-state index is 0.0940. The zero-order valence-corrected chi connectivity index (χ0v) is 8.66. The average Bonchev–Trinajstić information content (AvgIpc) is 2.61. The van der Waals surface area contributed by atoms with E-state index in [0.29, 0.717) is 6.54 Å². The van der Waals surface area contributed by atoms with Crippen LogP contribution >= 0.6 is 0 Å². The summed E-state index contributed by atoms with van der Waals surface area (Å²) >= 11 is 0. The van der Waals surface area contributed by atoms with Gasteiger partial charge in [-0.25, -0.2) is 0 Å². The quantitative estimate of drug-likeness (QED) is 0.540. The van der Waals surface area contributed by atoms with Crippen LogP contribution in [-0.2, 0) is 6.42 Å². The number of hydrogen-bond donors (Lipinski definition) is 0. The Kier molecular flexibility index (Phi) is 2.42. The zero-order chi connectivity index (χ0) is 10.8. The SMILES string of the molecule is CC(=O)c1ccc2c(c1)CCN2CC#N. The molecule has 0 N–H and O–H groups in total. The summed E-state index contributed by atoms with van der Waals surface area (Å²) in [5.41, 5.74) is 3.03. The van der Waals surface area contributed by atoms with Crippen LogP contribution in [0.15, 0.2) is 18.2 Å². The maximum atomic E-state index is 11.2. The van der Waals surface area contributed by atoms with Gasteiger partial charge in [0, 0.05) is 17.8 Å². The molecule has 0 atom stereocenters. The molecule has 1 heterocycles. The Hall–Kier alpha value is -1.82. The van der Waals surface area contributed by atoms with Gasteiger partial charge in [-0.15, -0.1) is 0 Å². The van der Waals surface area contributed by atoms with Gasteiger partial charge in [-0.2, -0.15) is 5.26 Å². The van der Waals surface area contributed by atoms with Crippen molar-refractivity contribution >= 4 is 11.5 Å². The maximum Gasteiger partial charge on any atom is 0.159 e. The van der Waals surface area contributed by atoms with Crippen LogP contribution < -0.4 is 4.90 Å². The van der Waals surface area contributed by atoms with Crippen molar-refractivity contribution in [3.63, 3.8) is 0 Å². The minimum absolute atomic E-state index is 0.0940. The highest BCUT2D eigenvalue weighted by molar-refractivity contribution is 5.94. The molecule has 76 valence electrons. The highest BCUT2D eigenvalue weighted by Crippen LogP contribution is 2.28. The fraction of sp³-hybridized carbons (Fsp3) is 0.333. The lowest BCUT2D eigenvalue weighted by atomic mass is 10.1. The van der Waals surface area contributed by atoms with Crippen molar-refractivity contribution < 1.29 is 4.79 Å². The maximum absolute atomic E-state index is 11.2. The monoisotopic (exact) mass is 200 g/mol. The van der Waals surface area contributed by atoms with Gasteiger partial charge >= 0.3 is 0 Å². The molecule has 0 amide bonds. The Morgan fingerprint density at radius 1 is 1.60 bits per heavy atom. The number of nitriles is 1. The number of Topliss-reactive ketones (excluding diaryl/α,β-unsaturated/α-hetero) is 1. The van der Waals surface area contributed by atoms with E-state index >= 15 is 0 Å². The lowest BCUT2D eigenvalue weighted by molar-refractivity contribution is 0.101. The number of ketones is 1. The first-order valence-electron chi connectivity index (χ1n) is 4.98. The van der Waals surface area contributed by atoms with Crippen molar-refractivity contribution in [1.82, 2.24) is 0 Å². The summed E-state index contributed by atoms with van der Waals surface area (Å²) < 4.78 is 0. The molecule has 0 saturated heterocycles. The molecule has 0 aliphatic carbocycles. The summed E-state index contributed by atoms with van der Waals surface area (Å²) in [7, 11) is 0. The molecule has 0 fully saturated rings. The normalized spacial score (nSPS) is 13.5. The molecule has 0 unspecified atom stereocenters. The predicted molar refractivity (Wildman–Crippen MR) is 58.0 cm³/mol. The largest absolute Gasteiger partial charge is 0.358 e. The molecule has 2 rings (SSSR count). The molecule has 0 radical (unpaired) electrons. The van der Waals surface area contributed by atoms with Crippen LogP contribution in [0.5, 0.6) is 0 Å². The van der Waals surface area contributed by atoms with Crippen molar-refractivity contribution in [2.75, 3.05) is 18.0 Å². The first-order valence-corrected chi connectivity index (χ1v) is 4.98. The van der Waals surface area contributed by atoms with Crippen LogP contribution in [0.25, 0.3) is 0 Å². The van der Waals surface area contributed by atoms with Gasteiger partial charge in [-0.1, -0.05) is 0 Å². The molecule has 3 nitrogen and oxygen atoms in total. The highest BCUT2D eigenvalue weighted by atomic mass is 16.1. The van der Waals surface area contributed by atoms with E-state index in [1.165, 1.54) is 5.56 Å². The number of carbonyl (C=O) groups excluding carboxylic acids is 1. The number of hydrogen-bond acceptors (Lipinski definition) is 3. The van der Waals surface area contributed by atoms with Gasteiger partial charge in [0.2, 0.25) is 0 Å². The molecular formula is C12H12N2O. The Balaban J connectivity index is 2.34. The standard InChI is InChI=1S/C12H12N2O/c1-9(15)10-2-3-12-11(8-10)4-6-14(12)7-5-13/h2-3,8H,4,6-7H2,1H3.